The molecule has 0 saturated carbocycles. The number of hydrogen-bond acceptors (Lipinski definition) is 11. The van der Waals surface area contributed by atoms with Crippen LogP contribution in [-0.2, 0) is 0 Å². The van der Waals surface area contributed by atoms with Crippen LogP contribution in [0.15, 0.2) is 447 Å². The molecule has 9 aromatic heterocycles. The van der Waals surface area contributed by atoms with Crippen LogP contribution in [0.1, 0.15) is 0 Å². The van der Waals surface area contributed by atoms with Crippen molar-refractivity contribution in [2.24, 2.45) is 0 Å². The zero-order chi connectivity index (χ0) is 87.1. The van der Waals surface area contributed by atoms with Crippen molar-refractivity contribution >= 4 is 150 Å². The van der Waals surface area contributed by atoms with Crippen molar-refractivity contribution in [3.8, 4) is 119 Å². The fraction of sp³-hybridized carbons (Fsp3) is 0. The van der Waals surface area contributed by atoms with Crippen LogP contribution in [0.3, 0.4) is 0 Å². The Labute approximate surface area is 765 Å². The molecule has 27 aromatic rings. The van der Waals surface area contributed by atoms with Gasteiger partial charge in [0.25, 0.3) is 0 Å². The molecule has 0 unspecified atom stereocenters. The van der Waals surface area contributed by atoms with E-state index in [1.54, 1.807) is 0 Å². The Morgan fingerprint density at radius 1 is 0.197 bits per heavy atom. The van der Waals surface area contributed by atoms with Crippen LogP contribution in [0.2, 0.25) is 0 Å². The van der Waals surface area contributed by atoms with E-state index in [0.717, 1.165) is 116 Å². The second kappa shape index (κ2) is 32.5. The van der Waals surface area contributed by atoms with Crippen molar-refractivity contribution in [3.63, 3.8) is 0 Å². The first-order chi connectivity index (χ1) is 65.4. The van der Waals surface area contributed by atoms with Crippen LogP contribution in [0, 0.1) is 0 Å². The van der Waals surface area contributed by atoms with Crippen LogP contribution in [-0.4, -0.2) is 53.6 Å². The first-order valence-electron chi connectivity index (χ1n) is 44.0. The SMILES string of the molecule is c1ccc(-c2ccc3c(c2)c2cc(-c4cccc5c4sc4ccccc45)ccc2n3-c2nccc(-c3ccccc3)n2)cc1.c1ccc(-c2nc(-c3ccccc3)nc(-n3c4ccccc4c4cc(-c5cccc6c5oc5ccccc56)ccc43)n2)cc1.c1ccc(-c2nc(-c3ccccc3)nc(-n3c4ccccc4c4cc(-c5cccc6c5sc5ccccc56)ccc43)n2)cc1. The number of rotatable bonds is 12. The highest BCUT2D eigenvalue weighted by atomic mass is 32.1. The molecule has 14 heteroatoms. The van der Waals surface area contributed by atoms with Gasteiger partial charge in [0.2, 0.25) is 17.8 Å². The summed E-state index contributed by atoms with van der Waals surface area (Å²) in [5.74, 6) is 4.40. The van der Waals surface area contributed by atoms with E-state index >= 15 is 0 Å². The fourth-order valence-corrected chi connectivity index (χ4v) is 21.3. The van der Waals surface area contributed by atoms with Gasteiger partial charge in [-0.05, 0) is 124 Å². The van der Waals surface area contributed by atoms with Gasteiger partial charge in [-0.25, -0.2) is 19.9 Å². The number of nitrogens with zero attached hydrogens (tertiary/aromatic N) is 11. The van der Waals surface area contributed by atoms with Gasteiger partial charge in [-0.15, -0.1) is 22.7 Å². The summed E-state index contributed by atoms with van der Waals surface area (Å²) in [6.07, 6.45) is 1.86. The number of furan rings is 1. The molecule has 9 heterocycles. The van der Waals surface area contributed by atoms with E-state index < -0.39 is 0 Å². The minimum atomic E-state index is 0.580. The lowest BCUT2D eigenvalue weighted by molar-refractivity contribution is 0.670. The van der Waals surface area contributed by atoms with Gasteiger partial charge in [-0.2, -0.15) is 19.9 Å². The van der Waals surface area contributed by atoms with Gasteiger partial charge >= 0.3 is 0 Å². The Morgan fingerprint density at radius 2 is 0.523 bits per heavy atom. The van der Waals surface area contributed by atoms with E-state index in [1.807, 2.05) is 187 Å². The molecule has 618 valence electrons. The topological polar surface area (TPSA) is 131 Å². The van der Waals surface area contributed by atoms with Crippen molar-refractivity contribution in [2.45, 2.75) is 0 Å². The molecule has 0 amide bonds. The molecule has 0 bridgehead atoms. The van der Waals surface area contributed by atoms with Crippen molar-refractivity contribution in [1.82, 2.24) is 53.6 Å². The van der Waals surface area contributed by atoms with E-state index in [4.69, 9.17) is 44.3 Å². The highest BCUT2D eigenvalue weighted by molar-refractivity contribution is 7.26. The first-order valence-corrected chi connectivity index (χ1v) is 45.6. The van der Waals surface area contributed by atoms with Gasteiger partial charge in [0.1, 0.15) is 11.2 Å². The van der Waals surface area contributed by atoms with Crippen molar-refractivity contribution < 1.29 is 4.42 Å². The van der Waals surface area contributed by atoms with Crippen LogP contribution in [0.25, 0.3) is 247 Å². The molecule has 0 atom stereocenters. The molecule has 0 radical (unpaired) electrons. The van der Waals surface area contributed by atoms with E-state index in [1.165, 1.54) is 89.9 Å². The molecule has 0 saturated heterocycles. The van der Waals surface area contributed by atoms with E-state index in [0.29, 0.717) is 41.1 Å². The average molecular weight is 1730 g/mol. The van der Waals surface area contributed by atoms with Gasteiger partial charge in [0.05, 0.1) is 38.8 Å². The Kier molecular flexibility index (Phi) is 19.0. The third kappa shape index (κ3) is 13.6. The smallest absolute Gasteiger partial charge is 0.238 e. The van der Waals surface area contributed by atoms with Crippen LogP contribution < -0.4 is 0 Å². The highest BCUT2D eigenvalue weighted by Crippen LogP contribution is 2.47. The van der Waals surface area contributed by atoms with E-state index in [9.17, 15) is 0 Å². The summed E-state index contributed by atoms with van der Waals surface area (Å²) in [6.45, 7) is 0. The van der Waals surface area contributed by atoms with E-state index in [2.05, 4.69) is 293 Å². The Bertz CT molecular complexity index is 8700. The van der Waals surface area contributed by atoms with Crippen molar-refractivity contribution in [2.75, 3.05) is 0 Å². The lowest BCUT2D eigenvalue weighted by atomic mass is 9.99. The summed E-state index contributed by atoms with van der Waals surface area (Å²) in [7, 11) is 0. The monoisotopic (exact) mass is 1720 g/mol. The zero-order valence-corrected chi connectivity index (χ0v) is 72.4. The maximum Gasteiger partial charge on any atom is 0.238 e. The molecule has 18 aromatic carbocycles. The Hall–Kier alpha value is -17.3. The molecule has 0 aliphatic heterocycles. The second-order valence-electron chi connectivity index (χ2n) is 32.8. The highest BCUT2D eigenvalue weighted by Gasteiger charge is 2.25. The molecule has 0 spiro atoms. The third-order valence-corrected chi connectivity index (χ3v) is 27.5. The number of para-hydroxylation sites is 4. The molecule has 12 nitrogen and oxygen atoms in total. The summed E-state index contributed by atoms with van der Waals surface area (Å²) in [6, 6.07) is 152. The summed E-state index contributed by atoms with van der Waals surface area (Å²) in [5.41, 5.74) is 23.4. The van der Waals surface area contributed by atoms with Crippen molar-refractivity contribution in [3.05, 3.63) is 443 Å². The molecule has 0 fully saturated rings. The molecular weight excluding hydrogens is 1650 g/mol. The summed E-state index contributed by atoms with van der Waals surface area (Å²) < 4.78 is 18.2. The largest absolute Gasteiger partial charge is 0.455 e. The molecule has 0 aliphatic carbocycles. The lowest BCUT2D eigenvalue weighted by Crippen LogP contribution is -2.06. The summed E-state index contributed by atoms with van der Waals surface area (Å²) >= 11 is 3.73. The summed E-state index contributed by atoms with van der Waals surface area (Å²) in [4.78, 5) is 39.9. The Balaban J connectivity index is 0.000000106. The minimum Gasteiger partial charge on any atom is -0.455 e. The predicted octanol–water partition coefficient (Wildman–Crippen LogP) is 31.1. The third-order valence-electron chi connectivity index (χ3n) is 25.1. The number of benzene rings is 18. The lowest BCUT2D eigenvalue weighted by Gasteiger charge is -2.11. The van der Waals surface area contributed by atoms with Crippen LogP contribution in [0.4, 0.5) is 0 Å². The van der Waals surface area contributed by atoms with Gasteiger partial charge in [0, 0.05) is 123 Å². The van der Waals surface area contributed by atoms with Gasteiger partial charge in [0.15, 0.2) is 23.3 Å². The maximum atomic E-state index is 6.39. The number of fused-ring (bicyclic) bond motifs is 18. The number of hydrogen-bond donors (Lipinski definition) is 0. The van der Waals surface area contributed by atoms with Gasteiger partial charge in [-0.3, -0.25) is 13.7 Å². The first kappa shape index (κ1) is 77.1. The number of aromatic nitrogens is 11. The molecular formula is C118H73N11OS2. The quantitative estimate of drug-likeness (QED) is 0.117. The van der Waals surface area contributed by atoms with Crippen LogP contribution >= 0.6 is 22.7 Å². The normalized spacial score (nSPS) is 11.6. The predicted molar refractivity (Wildman–Crippen MR) is 547 cm³/mol. The average Bonchev–Trinajstić information content (AvgIpc) is 1.59. The van der Waals surface area contributed by atoms with E-state index in [-0.39, 0.29) is 0 Å². The standard InChI is InChI=1S/C40H25N3S.C39H24N4O.C39H24N4S/c1-3-10-26(11-4-1)28-18-20-36-33(24-28)34-25-29(30-15-9-16-32-31-14-7-8-17-38(31)44-39(30)32)19-21-37(34)43(36)40-41-23-22-35(42-40)27-12-5-2-6-13-27;2*1-3-12-25(13-4-1)37-40-38(26-14-5-2-6-15-26)42-39(41-37)43-33-20-9-7-16-29(33)32-24-27(22-23-34(32)43)28-18-11-19-31-30-17-8-10-21-35(30)44-36(28)31/h1-25H;2*1-24H. The minimum absolute atomic E-state index is 0.580. The van der Waals surface area contributed by atoms with Gasteiger partial charge in [-0.1, -0.05) is 352 Å². The molecule has 0 N–H and O–H groups in total. The number of thiophene rings is 2. The van der Waals surface area contributed by atoms with Crippen LogP contribution in [0.5, 0.6) is 0 Å². The second-order valence-corrected chi connectivity index (χ2v) is 34.9. The van der Waals surface area contributed by atoms with Gasteiger partial charge < -0.3 is 4.42 Å². The maximum absolute atomic E-state index is 6.39. The zero-order valence-electron chi connectivity index (χ0n) is 70.8. The molecule has 27 rings (SSSR count). The Morgan fingerprint density at radius 3 is 0.977 bits per heavy atom. The fourth-order valence-electron chi connectivity index (χ4n) is 18.9. The molecule has 132 heavy (non-hydrogen) atoms. The van der Waals surface area contributed by atoms with Crippen molar-refractivity contribution in [1.29, 1.82) is 0 Å². The summed E-state index contributed by atoms with van der Waals surface area (Å²) in [5, 5.41) is 14.4. The molecule has 0 aliphatic rings.